The highest BCUT2D eigenvalue weighted by Crippen LogP contribution is 2.28. The van der Waals surface area contributed by atoms with Gasteiger partial charge in [-0.3, -0.25) is 4.79 Å². The number of hydrogen-bond acceptors (Lipinski definition) is 4. The van der Waals surface area contributed by atoms with Gasteiger partial charge < -0.3 is 9.47 Å². The predicted molar refractivity (Wildman–Crippen MR) is 120 cm³/mol. The van der Waals surface area contributed by atoms with Crippen LogP contribution in [0.4, 0.5) is 0 Å². The summed E-state index contributed by atoms with van der Waals surface area (Å²) in [5.74, 6) is 0.674. The fourth-order valence-electron chi connectivity index (χ4n) is 2.50. The fraction of sp³-hybridized carbons (Fsp3) is 0.130. The Morgan fingerprint density at radius 2 is 1.87 bits per heavy atom. The minimum Gasteiger partial charge on any atom is -0.489 e. The van der Waals surface area contributed by atoms with Gasteiger partial charge in [-0.1, -0.05) is 65.7 Å². The average Bonchev–Trinajstić information content (AvgIpc) is 2.75. The van der Waals surface area contributed by atoms with Crippen molar-refractivity contribution < 1.29 is 14.3 Å². The summed E-state index contributed by atoms with van der Waals surface area (Å²) in [6, 6.07) is 22.1. The van der Waals surface area contributed by atoms with Gasteiger partial charge >= 0.3 is 0 Å². The van der Waals surface area contributed by atoms with Crippen molar-refractivity contribution in [3.05, 3.63) is 94.0 Å². The Bertz CT molecular complexity index is 1030. The van der Waals surface area contributed by atoms with Crippen LogP contribution in [0.15, 0.2) is 77.9 Å². The Morgan fingerprint density at radius 1 is 1.07 bits per heavy atom. The zero-order chi connectivity index (χ0) is 21.3. The highest BCUT2D eigenvalue weighted by Gasteiger charge is 2.15. The minimum atomic E-state index is -0.790. The molecule has 0 saturated carbocycles. The summed E-state index contributed by atoms with van der Waals surface area (Å²) in [7, 11) is 0. The molecule has 3 rings (SSSR count). The molecular weight excluding hydrogens is 423 g/mol. The van der Waals surface area contributed by atoms with Gasteiger partial charge in [-0.2, -0.15) is 5.10 Å². The Balaban J connectivity index is 1.52. The van der Waals surface area contributed by atoms with E-state index in [1.54, 1.807) is 25.1 Å². The number of rotatable bonds is 8. The van der Waals surface area contributed by atoms with Crippen molar-refractivity contribution in [1.29, 1.82) is 0 Å². The summed E-state index contributed by atoms with van der Waals surface area (Å²) < 4.78 is 11.4. The number of hydrogen-bond donors (Lipinski definition) is 1. The molecule has 0 heterocycles. The average molecular weight is 443 g/mol. The largest absolute Gasteiger partial charge is 0.489 e. The molecule has 3 aromatic rings. The second-order valence-corrected chi connectivity index (χ2v) is 7.26. The molecule has 154 valence electrons. The maximum absolute atomic E-state index is 12.2. The van der Waals surface area contributed by atoms with Crippen LogP contribution in [0, 0.1) is 0 Å². The van der Waals surface area contributed by atoms with Gasteiger partial charge in [0.15, 0.2) is 6.10 Å². The smallest absolute Gasteiger partial charge is 0.280 e. The Labute approximate surface area is 185 Å². The molecule has 0 spiro atoms. The Kier molecular flexibility index (Phi) is 7.71. The third kappa shape index (κ3) is 6.51. The van der Waals surface area contributed by atoms with E-state index in [1.807, 2.05) is 54.6 Å². The van der Waals surface area contributed by atoms with Gasteiger partial charge in [-0.05, 0) is 48.4 Å². The number of amides is 1. The third-order valence-electron chi connectivity index (χ3n) is 4.06. The van der Waals surface area contributed by atoms with Crippen molar-refractivity contribution in [3.63, 3.8) is 0 Å². The summed E-state index contributed by atoms with van der Waals surface area (Å²) in [5, 5.41) is 4.81. The normalized spacial score (nSPS) is 11.8. The maximum Gasteiger partial charge on any atom is 0.280 e. The molecule has 1 amide bonds. The summed E-state index contributed by atoms with van der Waals surface area (Å²) in [4.78, 5) is 12.2. The van der Waals surface area contributed by atoms with Crippen molar-refractivity contribution in [1.82, 2.24) is 5.43 Å². The highest BCUT2D eigenvalue weighted by molar-refractivity contribution is 6.35. The molecule has 1 atom stereocenters. The first-order valence-electron chi connectivity index (χ1n) is 9.22. The van der Waals surface area contributed by atoms with E-state index in [-0.39, 0.29) is 0 Å². The molecule has 1 N–H and O–H groups in total. The van der Waals surface area contributed by atoms with Crippen LogP contribution in [0.1, 0.15) is 18.1 Å². The van der Waals surface area contributed by atoms with E-state index in [1.165, 1.54) is 6.21 Å². The van der Waals surface area contributed by atoms with Crippen LogP contribution in [0.25, 0.3) is 0 Å². The first kappa shape index (κ1) is 21.7. The van der Waals surface area contributed by atoms with Gasteiger partial charge in [0.25, 0.3) is 5.91 Å². The number of hydrazone groups is 1. The SMILES string of the molecule is CC(Oc1ccc(Cl)cc1Cl)C(=O)NN=Cc1cccc(OCc2ccccc2)c1. The molecule has 0 aliphatic heterocycles. The lowest BCUT2D eigenvalue weighted by Gasteiger charge is -2.14. The molecule has 0 bridgehead atoms. The molecule has 0 radical (unpaired) electrons. The van der Waals surface area contributed by atoms with Crippen LogP contribution in [0.3, 0.4) is 0 Å². The molecule has 7 heteroatoms. The zero-order valence-electron chi connectivity index (χ0n) is 16.2. The summed E-state index contributed by atoms with van der Waals surface area (Å²) in [5.41, 5.74) is 4.32. The molecule has 0 saturated heterocycles. The van der Waals surface area contributed by atoms with E-state index in [0.29, 0.717) is 28.2 Å². The molecule has 3 aromatic carbocycles. The van der Waals surface area contributed by atoms with Crippen molar-refractivity contribution >= 4 is 35.3 Å². The quantitative estimate of drug-likeness (QED) is 0.370. The fourth-order valence-corrected chi connectivity index (χ4v) is 2.95. The lowest BCUT2D eigenvalue weighted by Crippen LogP contribution is -2.33. The number of nitrogens with one attached hydrogen (secondary N) is 1. The molecule has 0 aliphatic carbocycles. The van der Waals surface area contributed by atoms with E-state index < -0.39 is 12.0 Å². The van der Waals surface area contributed by atoms with Crippen molar-refractivity contribution in [2.75, 3.05) is 0 Å². The number of benzene rings is 3. The minimum absolute atomic E-state index is 0.331. The number of carbonyl (C=O) groups excluding carboxylic acids is 1. The van der Waals surface area contributed by atoms with Crippen molar-refractivity contribution in [3.8, 4) is 11.5 Å². The molecule has 0 aromatic heterocycles. The zero-order valence-corrected chi connectivity index (χ0v) is 17.7. The second kappa shape index (κ2) is 10.7. The predicted octanol–water partition coefficient (Wildman–Crippen LogP) is 5.49. The maximum atomic E-state index is 12.2. The van der Waals surface area contributed by atoms with E-state index in [2.05, 4.69) is 10.5 Å². The van der Waals surface area contributed by atoms with E-state index in [4.69, 9.17) is 32.7 Å². The molecular formula is C23H20Cl2N2O3. The van der Waals surface area contributed by atoms with E-state index in [0.717, 1.165) is 11.1 Å². The molecule has 1 unspecified atom stereocenters. The summed E-state index contributed by atoms with van der Waals surface area (Å²) in [6.07, 6.45) is 0.747. The Morgan fingerprint density at radius 3 is 2.63 bits per heavy atom. The van der Waals surface area contributed by atoms with Gasteiger partial charge in [0.1, 0.15) is 18.1 Å². The van der Waals surface area contributed by atoms with Gasteiger partial charge in [-0.15, -0.1) is 0 Å². The number of halogens is 2. The first-order valence-corrected chi connectivity index (χ1v) is 9.98. The van der Waals surface area contributed by atoms with Gasteiger partial charge in [0, 0.05) is 5.02 Å². The summed E-state index contributed by atoms with van der Waals surface area (Å²) in [6.45, 7) is 2.08. The van der Waals surface area contributed by atoms with Crippen LogP contribution in [-0.4, -0.2) is 18.2 Å². The van der Waals surface area contributed by atoms with Crippen LogP contribution in [0.2, 0.25) is 10.0 Å². The highest BCUT2D eigenvalue weighted by atomic mass is 35.5. The van der Waals surface area contributed by atoms with Crippen LogP contribution in [-0.2, 0) is 11.4 Å². The van der Waals surface area contributed by atoms with Gasteiger partial charge in [0.2, 0.25) is 0 Å². The standard InChI is InChI=1S/C23H20Cl2N2O3/c1-16(30-22-11-10-19(24)13-21(22)25)23(28)27-26-14-18-8-5-9-20(12-18)29-15-17-6-3-2-4-7-17/h2-14,16H,15H2,1H3,(H,27,28). The van der Waals surface area contributed by atoms with Crippen LogP contribution >= 0.6 is 23.2 Å². The molecule has 0 aliphatic rings. The van der Waals surface area contributed by atoms with Crippen molar-refractivity contribution in [2.24, 2.45) is 5.10 Å². The second-order valence-electron chi connectivity index (χ2n) is 6.42. The van der Waals surface area contributed by atoms with E-state index >= 15 is 0 Å². The third-order valence-corrected chi connectivity index (χ3v) is 4.59. The lowest BCUT2D eigenvalue weighted by atomic mass is 10.2. The van der Waals surface area contributed by atoms with Gasteiger partial charge in [0.05, 0.1) is 11.2 Å². The van der Waals surface area contributed by atoms with E-state index in [9.17, 15) is 4.79 Å². The Hall–Kier alpha value is -3.02. The van der Waals surface area contributed by atoms with Gasteiger partial charge in [-0.25, -0.2) is 5.43 Å². The number of carbonyl (C=O) groups is 1. The number of nitrogens with zero attached hydrogens (tertiary/aromatic N) is 1. The lowest BCUT2D eigenvalue weighted by molar-refractivity contribution is -0.127. The number of ether oxygens (including phenoxy) is 2. The van der Waals surface area contributed by atoms with Crippen LogP contribution in [0.5, 0.6) is 11.5 Å². The van der Waals surface area contributed by atoms with Crippen molar-refractivity contribution in [2.45, 2.75) is 19.6 Å². The molecule has 30 heavy (non-hydrogen) atoms. The summed E-state index contributed by atoms with van der Waals surface area (Å²) >= 11 is 11.9. The molecule has 5 nitrogen and oxygen atoms in total. The monoisotopic (exact) mass is 442 g/mol. The first-order chi connectivity index (χ1) is 14.5. The topological polar surface area (TPSA) is 59.9 Å². The molecule has 0 fully saturated rings. The van der Waals surface area contributed by atoms with Crippen LogP contribution < -0.4 is 14.9 Å².